The fourth-order valence-corrected chi connectivity index (χ4v) is 2.36. The van der Waals surface area contributed by atoms with Crippen molar-refractivity contribution < 1.29 is 9.53 Å². The first kappa shape index (κ1) is 13.9. The maximum absolute atomic E-state index is 12.3. The number of nitrogens with one attached hydrogen (secondary N) is 2. The van der Waals surface area contributed by atoms with E-state index in [0.717, 1.165) is 30.8 Å². The van der Waals surface area contributed by atoms with Gasteiger partial charge in [-0.3, -0.25) is 4.79 Å². The lowest BCUT2D eigenvalue weighted by molar-refractivity contribution is -0.129. The van der Waals surface area contributed by atoms with Gasteiger partial charge in [-0.15, -0.1) is 0 Å². The molecule has 0 radical (unpaired) electrons. The molecule has 1 aromatic carbocycles. The highest BCUT2D eigenvalue weighted by atomic mass is 16.5. The average molecular weight is 262 g/mol. The van der Waals surface area contributed by atoms with Gasteiger partial charge in [-0.2, -0.15) is 0 Å². The maximum Gasteiger partial charge on any atom is 0.227 e. The number of rotatable bonds is 4. The third kappa shape index (κ3) is 3.07. The molecule has 1 aromatic rings. The summed E-state index contributed by atoms with van der Waals surface area (Å²) in [5.41, 5.74) is 0.810. The van der Waals surface area contributed by atoms with E-state index in [2.05, 4.69) is 10.6 Å². The molecule has 1 heterocycles. The lowest BCUT2D eigenvalue weighted by Gasteiger charge is -2.24. The Labute approximate surface area is 114 Å². The van der Waals surface area contributed by atoms with E-state index in [1.165, 1.54) is 0 Å². The van der Waals surface area contributed by atoms with Crippen LogP contribution in [0.4, 0.5) is 0 Å². The number of methoxy groups -OCH3 is 1. The first-order valence-electron chi connectivity index (χ1n) is 6.71. The van der Waals surface area contributed by atoms with E-state index in [4.69, 9.17) is 4.74 Å². The first-order valence-corrected chi connectivity index (χ1v) is 6.71. The molecule has 2 unspecified atom stereocenters. The van der Waals surface area contributed by atoms with Crippen LogP contribution in [0.15, 0.2) is 24.3 Å². The number of hydrogen-bond acceptors (Lipinski definition) is 3. The molecule has 1 amide bonds. The first-order chi connectivity index (χ1) is 9.05. The van der Waals surface area contributed by atoms with Crippen molar-refractivity contribution in [3.05, 3.63) is 29.8 Å². The van der Waals surface area contributed by atoms with Gasteiger partial charge in [0.15, 0.2) is 0 Å². The van der Waals surface area contributed by atoms with Crippen molar-refractivity contribution in [2.75, 3.05) is 20.2 Å². The molecule has 4 nitrogen and oxygen atoms in total. The van der Waals surface area contributed by atoms with Crippen molar-refractivity contribution in [2.45, 2.75) is 26.3 Å². The van der Waals surface area contributed by atoms with Crippen LogP contribution in [0.25, 0.3) is 0 Å². The number of amides is 1. The Balaban J connectivity index is 1.99. The van der Waals surface area contributed by atoms with Crippen molar-refractivity contribution >= 4 is 5.91 Å². The van der Waals surface area contributed by atoms with Crippen LogP contribution in [0, 0.1) is 5.41 Å². The van der Waals surface area contributed by atoms with Crippen LogP contribution in [0.2, 0.25) is 0 Å². The number of carbonyl (C=O) groups excluding carboxylic acids is 1. The maximum atomic E-state index is 12.3. The summed E-state index contributed by atoms with van der Waals surface area (Å²) in [6.45, 7) is 5.70. The van der Waals surface area contributed by atoms with Crippen LogP contribution in [0.5, 0.6) is 5.75 Å². The quantitative estimate of drug-likeness (QED) is 0.871. The molecule has 2 N–H and O–H groups in total. The van der Waals surface area contributed by atoms with Crippen LogP contribution in [-0.4, -0.2) is 26.1 Å². The molecular formula is C15H22N2O2. The highest BCUT2D eigenvalue weighted by Crippen LogP contribution is 2.26. The fraction of sp³-hybridized carbons (Fsp3) is 0.533. The van der Waals surface area contributed by atoms with E-state index < -0.39 is 0 Å². The summed E-state index contributed by atoms with van der Waals surface area (Å²) < 4.78 is 5.13. The zero-order valence-corrected chi connectivity index (χ0v) is 11.8. The summed E-state index contributed by atoms with van der Waals surface area (Å²) in [4.78, 5) is 12.3. The second kappa shape index (κ2) is 5.61. The third-order valence-corrected chi connectivity index (χ3v) is 3.88. The van der Waals surface area contributed by atoms with Gasteiger partial charge in [0.2, 0.25) is 5.91 Å². The Morgan fingerprint density at radius 2 is 2.11 bits per heavy atom. The number of hydrogen-bond donors (Lipinski definition) is 2. The van der Waals surface area contributed by atoms with Crippen LogP contribution < -0.4 is 15.4 Å². The molecule has 1 fully saturated rings. The molecule has 0 saturated carbocycles. The second-order valence-electron chi connectivity index (χ2n) is 5.46. The van der Waals surface area contributed by atoms with Crippen molar-refractivity contribution in [3.63, 3.8) is 0 Å². The Bertz CT molecular complexity index is 436. The van der Waals surface area contributed by atoms with Gasteiger partial charge in [-0.05, 0) is 44.5 Å². The molecule has 104 valence electrons. The smallest absolute Gasteiger partial charge is 0.227 e. The largest absolute Gasteiger partial charge is 0.497 e. The van der Waals surface area contributed by atoms with Gasteiger partial charge in [0, 0.05) is 6.54 Å². The summed E-state index contributed by atoms with van der Waals surface area (Å²) in [5, 5.41) is 6.34. The van der Waals surface area contributed by atoms with E-state index in [-0.39, 0.29) is 17.4 Å². The van der Waals surface area contributed by atoms with Crippen molar-refractivity contribution in [1.29, 1.82) is 0 Å². The zero-order chi connectivity index (χ0) is 13.9. The normalized spacial score (nSPS) is 23.9. The molecule has 0 spiro atoms. The Kier molecular flexibility index (Phi) is 4.10. The van der Waals surface area contributed by atoms with Gasteiger partial charge >= 0.3 is 0 Å². The molecular weight excluding hydrogens is 240 g/mol. The minimum Gasteiger partial charge on any atom is -0.497 e. The molecule has 0 aromatic heterocycles. The van der Waals surface area contributed by atoms with Crippen LogP contribution in [0.1, 0.15) is 31.9 Å². The Hall–Kier alpha value is -1.55. The molecule has 0 aliphatic carbocycles. The van der Waals surface area contributed by atoms with Crippen molar-refractivity contribution in [3.8, 4) is 5.75 Å². The zero-order valence-electron chi connectivity index (χ0n) is 11.8. The van der Waals surface area contributed by atoms with Gasteiger partial charge in [-0.25, -0.2) is 0 Å². The Morgan fingerprint density at radius 3 is 2.63 bits per heavy atom. The molecule has 4 heteroatoms. The molecule has 1 saturated heterocycles. The van der Waals surface area contributed by atoms with E-state index >= 15 is 0 Å². The highest BCUT2D eigenvalue weighted by Gasteiger charge is 2.36. The van der Waals surface area contributed by atoms with E-state index in [0.29, 0.717) is 0 Å². The lowest BCUT2D eigenvalue weighted by Crippen LogP contribution is -2.41. The molecule has 1 aliphatic rings. The molecule has 19 heavy (non-hydrogen) atoms. The van der Waals surface area contributed by atoms with Crippen LogP contribution in [0.3, 0.4) is 0 Å². The molecule has 2 atom stereocenters. The second-order valence-corrected chi connectivity index (χ2v) is 5.46. The minimum absolute atomic E-state index is 0.0100. The van der Waals surface area contributed by atoms with E-state index in [9.17, 15) is 4.79 Å². The molecule has 0 bridgehead atoms. The molecule has 2 rings (SSSR count). The SMILES string of the molecule is COc1ccc(C(C)NC(=O)C2(C)CCNC2)cc1. The number of benzene rings is 1. The summed E-state index contributed by atoms with van der Waals surface area (Å²) >= 11 is 0. The Morgan fingerprint density at radius 1 is 1.42 bits per heavy atom. The van der Waals surface area contributed by atoms with Crippen LogP contribution >= 0.6 is 0 Å². The number of carbonyl (C=O) groups is 1. The van der Waals surface area contributed by atoms with E-state index in [1.807, 2.05) is 38.1 Å². The summed E-state index contributed by atoms with van der Waals surface area (Å²) in [5.74, 6) is 0.954. The summed E-state index contributed by atoms with van der Waals surface area (Å²) in [6, 6.07) is 7.81. The predicted octanol–water partition coefficient (Wildman–Crippen LogP) is 1.87. The van der Waals surface area contributed by atoms with Gasteiger partial charge in [-0.1, -0.05) is 12.1 Å². The van der Waals surface area contributed by atoms with Crippen molar-refractivity contribution in [2.24, 2.45) is 5.41 Å². The summed E-state index contributed by atoms with van der Waals surface area (Å²) in [6.07, 6.45) is 0.897. The van der Waals surface area contributed by atoms with E-state index in [1.54, 1.807) is 7.11 Å². The predicted molar refractivity (Wildman–Crippen MR) is 75.1 cm³/mol. The monoisotopic (exact) mass is 262 g/mol. The average Bonchev–Trinajstić information content (AvgIpc) is 2.87. The van der Waals surface area contributed by atoms with Gasteiger partial charge in [0.05, 0.1) is 18.6 Å². The fourth-order valence-electron chi connectivity index (χ4n) is 2.36. The highest BCUT2D eigenvalue weighted by molar-refractivity contribution is 5.83. The standard InChI is InChI=1S/C15H22N2O2/c1-11(12-4-6-13(19-3)7-5-12)17-14(18)15(2)8-9-16-10-15/h4-7,11,16H,8-10H2,1-3H3,(H,17,18). The lowest BCUT2D eigenvalue weighted by atomic mass is 9.88. The van der Waals surface area contributed by atoms with Gasteiger partial charge in [0.25, 0.3) is 0 Å². The number of ether oxygens (including phenoxy) is 1. The molecule has 1 aliphatic heterocycles. The van der Waals surface area contributed by atoms with Crippen LogP contribution in [-0.2, 0) is 4.79 Å². The van der Waals surface area contributed by atoms with Crippen molar-refractivity contribution in [1.82, 2.24) is 10.6 Å². The van der Waals surface area contributed by atoms with Gasteiger partial charge in [0.1, 0.15) is 5.75 Å². The third-order valence-electron chi connectivity index (χ3n) is 3.88. The van der Waals surface area contributed by atoms with Gasteiger partial charge < -0.3 is 15.4 Å². The topological polar surface area (TPSA) is 50.4 Å². The minimum atomic E-state index is -0.277. The summed E-state index contributed by atoms with van der Waals surface area (Å²) in [7, 11) is 1.65.